The van der Waals surface area contributed by atoms with Gasteiger partial charge < -0.3 is 0 Å². The van der Waals surface area contributed by atoms with E-state index >= 15 is 0 Å². The van der Waals surface area contributed by atoms with Crippen molar-refractivity contribution in [2.24, 2.45) is 0 Å². The van der Waals surface area contributed by atoms with E-state index in [0.29, 0.717) is 4.47 Å². The van der Waals surface area contributed by atoms with Gasteiger partial charge in [0.15, 0.2) is 5.75 Å². The molecule has 0 aliphatic heterocycles. The van der Waals surface area contributed by atoms with Gasteiger partial charge in [-0.15, -0.1) is 0 Å². The topological polar surface area (TPSA) is 19.9 Å². The largest absolute Gasteiger partial charge is 0.289 e. The lowest BCUT2D eigenvalue weighted by molar-refractivity contribution is 0.352. The first-order valence-corrected chi connectivity index (χ1v) is 3.91. The van der Waals surface area contributed by atoms with Gasteiger partial charge in [-0.3, -0.25) is 5.11 Å². The maximum atomic E-state index is 10.8. The summed E-state index contributed by atoms with van der Waals surface area (Å²) >= 11 is 6.32. The zero-order chi connectivity index (χ0) is 6.85. The molecule has 1 nitrogen and oxygen atoms in total. The molecule has 0 aliphatic rings. The van der Waals surface area contributed by atoms with Crippen LogP contribution in [0, 0.1) is 0 Å². The zero-order valence-corrected chi connectivity index (χ0v) is 7.57. The van der Waals surface area contributed by atoms with Gasteiger partial charge in [0.1, 0.15) is 0 Å². The third kappa shape index (κ3) is 1.46. The fourth-order valence-corrected chi connectivity index (χ4v) is 1.10. The van der Waals surface area contributed by atoms with Crippen LogP contribution in [0.25, 0.3) is 0 Å². The molecule has 1 rings (SSSR count). The quantitative estimate of drug-likeness (QED) is 0.673. The van der Waals surface area contributed by atoms with Crippen LogP contribution in [0.2, 0.25) is 0 Å². The van der Waals surface area contributed by atoms with Crippen LogP contribution in [0.1, 0.15) is 0 Å². The molecule has 0 spiro atoms. The monoisotopic (exact) mass is 249 g/mol. The van der Waals surface area contributed by atoms with Gasteiger partial charge in [-0.1, -0.05) is 6.07 Å². The van der Waals surface area contributed by atoms with E-state index in [9.17, 15) is 5.11 Å². The van der Waals surface area contributed by atoms with Crippen LogP contribution in [0.5, 0.6) is 5.75 Å². The van der Waals surface area contributed by atoms with E-state index in [1.54, 1.807) is 6.07 Å². The second kappa shape index (κ2) is 2.71. The maximum Gasteiger partial charge on any atom is 0.193 e. The maximum absolute atomic E-state index is 10.8. The Hall–Kier alpha value is -0.0200. The lowest BCUT2D eigenvalue weighted by Crippen LogP contribution is -1.67. The van der Waals surface area contributed by atoms with Gasteiger partial charge in [-0.05, 0) is 44.0 Å². The van der Waals surface area contributed by atoms with Crippen molar-refractivity contribution < 1.29 is 5.11 Å². The number of benzene rings is 1. The molecule has 1 aromatic rings. The Morgan fingerprint density at radius 3 is 2.33 bits per heavy atom. The third-order valence-electron chi connectivity index (χ3n) is 0.916. The molecule has 3 heteroatoms. The zero-order valence-electron chi connectivity index (χ0n) is 4.40. The molecule has 0 heterocycles. The van der Waals surface area contributed by atoms with E-state index in [4.69, 9.17) is 0 Å². The Morgan fingerprint density at radius 2 is 1.89 bits per heavy atom. The number of hydrogen-bond donors (Lipinski definition) is 0. The fraction of sp³-hybridized carbons (Fsp3) is 0. The molecular formula is C6H3Br2O. The average molecular weight is 251 g/mol. The lowest BCUT2D eigenvalue weighted by Gasteiger charge is -1.93. The number of hydrogen-bond acceptors (Lipinski definition) is 0. The van der Waals surface area contributed by atoms with Crippen LogP contribution < -0.4 is 0 Å². The van der Waals surface area contributed by atoms with Gasteiger partial charge in [0.05, 0.1) is 4.47 Å². The highest BCUT2D eigenvalue weighted by Crippen LogP contribution is 2.31. The fourth-order valence-electron chi connectivity index (χ4n) is 0.484. The minimum Gasteiger partial charge on any atom is -0.289 e. The molecule has 0 unspecified atom stereocenters. The van der Waals surface area contributed by atoms with Crippen molar-refractivity contribution in [3.05, 3.63) is 27.1 Å². The van der Waals surface area contributed by atoms with Crippen LogP contribution in [-0.4, -0.2) is 0 Å². The molecule has 47 valence electrons. The van der Waals surface area contributed by atoms with E-state index in [1.165, 1.54) is 6.07 Å². The number of halogens is 2. The number of rotatable bonds is 0. The molecule has 0 atom stereocenters. The molecular weight excluding hydrogens is 248 g/mol. The standard InChI is InChI=1S/C6H3Br2O/c7-4-2-1-3-5(9)6(4)8/h1-3H. The highest BCUT2D eigenvalue weighted by atomic mass is 79.9. The lowest BCUT2D eigenvalue weighted by atomic mass is 10.3. The van der Waals surface area contributed by atoms with Crippen LogP contribution in [0.15, 0.2) is 27.1 Å². The first-order chi connectivity index (χ1) is 4.22. The average Bonchev–Trinajstić information content (AvgIpc) is 1.83. The summed E-state index contributed by atoms with van der Waals surface area (Å²) in [5, 5.41) is 10.8. The predicted molar refractivity (Wildman–Crippen MR) is 42.0 cm³/mol. The molecule has 0 aromatic heterocycles. The summed E-state index contributed by atoms with van der Waals surface area (Å²) in [6.07, 6.45) is 0. The summed E-state index contributed by atoms with van der Waals surface area (Å²) in [7, 11) is 0. The molecule has 1 aromatic carbocycles. The second-order valence-electron chi connectivity index (χ2n) is 1.55. The molecule has 0 N–H and O–H groups in total. The molecule has 0 fully saturated rings. The van der Waals surface area contributed by atoms with Crippen molar-refractivity contribution in [1.82, 2.24) is 0 Å². The van der Waals surface area contributed by atoms with E-state index in [0.717, 1.165) is 4.47 Å². The predicted octanol–water partition coefficient (Wildman–Crippen LogP) is 3.36. The van der Waals surface area contributed by atoms with Crippen molar-refractivity contribution in [3.63, 3.8) is 0 Å². The van der Waals surface area contributed by atoms with Crippen LogP contribution in [-0.2, 0) is 5.11 Å². The molecule has 1 radical (unpaired) electrons. The molecule has 0 amide bonds. The van der Waals surface area contributed by atoms with Gasteiger partial charge >= 0.3 is 0 Å². The van der Waals surface area contributed by atoms with E-state index in [2.05, 4.69) is 31.9 Å². The van der Waals surface area contributed by atoms with Crippen molar-refractivity contribution in [1.29, 1.82) is 0 Å². The molecule has 0 bridgehead atoms. The van der Waals surface area contributed by atoms with Crippen LogP contribution in [0.4, 0.5) is 0 Å². The van der Waals surface area contributed by atoms with Crippen molar-refractivity contribution in [3.8, 4) is 5.75 Å². The second-order valence-corrected chi connectivity index (χ2v) is 3.20. The molecule has 0 saturated heterocycles. The van der Waals surface area contributed by atoms with Crippen LogP contribution in [0.3, 0.4) is 0 Å². The smallest absolute Gasteiger partial charge is 0.193 e. The SMILES string of the molecule is [O]c1cccc(Br)c1Br. The summed E-state index contributed by atoms with van der Waals surface area (Å²) < 4.78 is 1.39. The van der Waals surface area contributed by atoms with E-state index < -0.39 is 0 Å². The minimum absolute atomic E-state index is 0.00405. The summed E-state index contributed by atoms with van der Waals surface area (Å²) in [5.74, 6) is 0.00405. The molecule has 0 aliphatic carbocycles. The summed E-state index contributed by atoms with van der Waals surface area (Å²) in [4.78, 5) is 0. The van der Waals surface area contributed by atoms with Gasteiger partial charge in [0.2, 0.25) is 0 Å². The van der Waals surface area contributed by atoms with Crippen molar-refractivity contribution in [2.75, 3.05) is 0 Å². The van der Waals surface area contributed by atoms with Crippen molar-refractivity contribution >= 4 is 31.9 Å². The first-order valence-electron chi connectivity index (χ1n) is 2.33. The first kappa shape index (κ1) is 7.09. The highest BCUT2D eigenvalue weighted by molar-refractivity contribution is 9.13. The van der Waals surface area contributed by atoms with E-state index in [1.807, 2.05) is 6.07 Å². The normalized spacial score (nSPS) is 9.56. The van der Waals surface area contributed by atoms with E-state index in [-0.39, 0.29) is 5.75 Å². The highest BCUT2D eigenvalue weighted by Gasteiger charge is 2.00. The Morgan fingerprint density at radius 1 is 1.22 bits per heavy atom. The third-order valence-corrected chi connectivity index (χ3v) is 2.93. The Balaban J connectivity index is 3.25. The van der Waals surface area contributed by atoms with Gasteiger partial charge in [0, 0.05) is 4.47 Å². The van der Waals surface area contributed by atoms with Gasteiger partial charge in [0.25, 0.3) is 0 Å². The Kier molecular flexibility index (Phi) is 2.13. The summed E-state index contributed by atoms with van der Waals surface area (Å²) in [6, 6.07) is 5.03. The summed E-state index contributed by atoms with van der Waals surface area (Å²) in [6.45, 7) is 0. The summed E-state index contributed by atoms with van der Waals surface area (Å²) in [5.41, 5.74) is 0. The minimum atomic E-state index is 0.00405. The van der Waals surface area contributed by atoms with Crippen LogP contribution >= 0.6 is 31.9 Å². The Bertz CT molecular complexity index is 202. The van der Waals surface area contributed by atoms with Crippen molar-refractivity contribution in [2.45, 2.75) is 0 Å². The van der Waals surface area contributed by atoms with Gasteiger partial charge in [-0.2, -0.15) is 0 Å². The molecule has 0 saturated carbocycles. The molecule has 9 heavy (non-hydrogen) atoms. The Labute approximate surface area is 70.0 Å². The van der Waals surface area contributed by atoms with Gasteiger partial charge in [-0.25, -0.2) is 0 Å².